The Balaban J connectivity index is 1.48. The van der Waals surface area contributed by atoms with Crippen LogP contribution in [-0.4, -0.2) is 51.2 Å². The van der Waals surface area contributed by atoms with Crippen molar-refractivity contribution in [3.8, 4) is 0 Å². The molecule has 4 rings (SSSR count). The van der Waals surface area contributed by atoms with Crippen LogP contribution in [0.25, 0.3) is 11.0 Å². The number of aliphatic hydroxyl groups excluding tert-OH is 1. The fourth-order valence-corrected chi connectivity index (χ4v) is 5.16. The summed E-state index contributed by atoms with van der Waals surface area (Å²) in [5.41, 5.74) is 1.55. The average molecular weight is 336 g/mol. The summed E-state index contributed by atoms with van der Waals surface area (Å²) in [5, 5.41) is 18.6. The first-order valence-electron chi connectivity index (χ1n) is 8.04. The van der Waals surface area contributed by atoms with Crippen molar-refractivity contribution in [1.82, 2.24) is 19.3 Å². The molecule has 8 heteroatoms. The maximum Gasteiger partial charge on any atom is 0.216 e. The quantitative estimate of drug-likeness (QED) is 0.904. The van der Waals surface area contributed by atoms with Gasteiger partial charge in [-0.15, -0.1) is 5.10 Å². The van der Waals surface area contributed by atoms with Crippen molar-refractivity contribution in [1.29, 1.82) is 0 Å². The van der Waals surface area contributed by atoms with Gasteiger partial charge in [0.2, 0.25) is 10.0 Å². The van der Waals surface area contributed by atoms with Crippen molar-refractivity contribution in [2.45, 2.75) is 37.2 Å². The zero-order valence-corrected chi connectivity index (χ0v) is 13.6. The number of para-hydroxylation sites is 1. The highest BCUT2D eigenvalue weighted by Crippen LogP contribution is 2.35. The number of aromatic nitrogens is 3. The van der Waals surface area contributed by atoms with E-state index >= 15 is 0 Å². The fraction of sp³-hybridized carbons (Fsp3) is 0.600. The Morgan fingerprint density at radius 2 is 1.83 bits per heavy atom. The van der Waals surface area contributed by atoms with E-state index in [1.165, 1.54) is 0 Å². The summed E-state index contributed by atoms with van der Waals surface area (Å²) >= 11 is 0. The summed E-state index contributed by atoms with van der Waals surface area (Å²) in [7, 11) is -3.11. The lowest BCUT2D eigenvalue weighted by molar-refractivity contribution is 0.0106. The monoisotopic (exact) mass is 336 g/mol. The van der Waals surface area contributed by atoms with Gasteiger partial charge < -0.3 is 5.11 Å². The Morgan fingerprint density at radius 1 is 1.13 bits per heavy atom. The average Bonchev–Trinajstić information content (AvgIpc) is 3.35. The maximum absolute atomic E-state index is 12.3. The van der Waals surface area contributed by atoms with Crippen LogP contribution < -0.4 is 0 Å². The van der Waals surface area contributed by atoms with Crippen LogP contribution in [0.15, 0.2) is 24.3 Å². The molecule has 1 aromatic carbocycles. The smallest absolute Gasteiger partial charge is 0.216 e. The molecular weight excluding hydrogens is 316 g/mol. The zero-order chi connectivity index (χ0) is 16.0. The summed E-state index contributed by atoms with van der Waals surface area (Å²) in [6.07, 6.45) is 2.09. The van der Waals surface area contributed by atoms with Gasteiger partial charge in [0, 0.05) is 19.0 Å². The van der Waals surface area contributed by atoms with Crippen LogP contribution in [-0.2, 0) is 10.0 Å². The van der Waals surface area contributed by atoms with Gasteiger partial charge in [0.15, 0.2) is 6.23 Å². The fourth-order valence-electron chi connectivity index (χ4n) is 3.29. The van der Waals surface area contributed by atoms with E-state index in [4.69, 9.17) is 0 Å². The molecule has 1 aromatic heterocycles. The van der Waals surface area contributed by atoms with Crippen molar-refractivity contribution < 1.29 is 13.5 Å². The van der Waals surface area contributed by atoms with Crippen molar-refractivity contribution in [3.63, 3.8) is 0 Å². The molecule has 0 amide bonds. The number of nitrogens with zero attached hydrogens (tertiary/aromatic N) is 4. The molecule has 1 aliphatic carbocycles. The first kappa shape index (κ1) is 15.0. The van der Waals surface area contributed by atoms with Crippen molar-refractivity contribution >= 4 is 21.1 Å². The minimum atomic E-state index is -3.11. The molecule has 1 saturated carbocycles. The molecular formula is C15H20N4O3S. The van der Waals surface area contributed by atoms with Crippen LogP contribution >= 0.6 is 0 Å². The number of hydrogen-bond donors (Lipinski definition) is 1. The molecule has 2 aromatic rings. The molecule has 1 N–H and O–H groups in total. The predicted octanol–water partition coefficient (Wildman–Crippen LogP) is 1.13. The van der Waals surface area contributed by atoms with Gasteiger partial charge in [0.25, 0.3) is 0 Å². The van der Waals surface area contributed by atoms with E-state index in [1.54, 1.807) is 8.99 Å². The van der Waals surface area contributed by atoms with Gasteiger partial charge in [-0.05, 0) is 37.8 Å². The van der Waals surface area contributed by atoms with Gasteiger partial charge in [-0.3, -0.25) is 0 Å². The molecule has 124 valence electrons. The number of benzene rings is 1. The second-order valence-electron chi connectivity index (χ2n) is 6.42. The van der Waals surface area contributed by atoms with E-state index in [1.807, 2.05) is 24.3 Å². The third-order valence-corrected chi connectivity index (χ3v) is 7.25. The third-order valence-electron chi connectivity index (χ3n) is 4.85. The minimum absolute atomic E-state index is 0.00856. The van der Waals surface area contributed by atoms with Crippen LogP contribution in [0.3, 0.4) is 0 Å². The highest BCUT2D eigenvalue weighted by atomic mass is 32.2. The van der Waals surface area contributed by atoms with E-state index in [-0.39, 0.29) is 11.2 Å². The molecule has 23 heavy (non-hydrogen) atoms. The van der Waals surface area contributed by atoms with Gasteiger partial charge >= 0.3 is 0 Å². The molecule has 1 aliphatic heterocycles. The normalized spacial score (nSPS) is 22.5. The number of sulfonamides is 1. The van der Waals surface area contributed by atoms with Crippen molar-refractivity contribution in [2.75, 3.05) is 13.1 Å². The van der Waals surface area contributed by atoms with Gasteiger partial charge in [-0.1, -0.05) is 17.3 Å². The molecule has 0 radical (unpaired) electrons. The summed E-state index contributed by atoms with van der Waals surface area (Å²) in [4.78, 5) is 0. The van der Waals surface area contributed by atoms with E-state index in [0.717, 1.165) is 23.9 Å². The number of hydrogen-bond acceptors (Lipinski definition) is 5. The molecule has 2 heterocycles. The number of piperidine rings is 1. The lowest BCUT2D eigenvalue weighted by atomic mass is 9.96. The highest BCUT2D eigenvalue weighted by molar-refractivity contribution is 7.90. The van der Waals surface area contributed by atoms with Crippen LogP contribution in [0, 0.1) is 5.92 Å². The molecule has 1 atom stereocenters. The zero-order valence-electron chi connectivity index (χ0n) is 12.7. The van der Waals surface area contributed by atoms with E-state index in [2.05, 4.69) is 10.3 Å². The molecule has 2 fully saturated rings. The molecule has 7 nitrogen and oxygen atoms in total. The lowest BCUT2D eigenvalue weighted by Gasteiger charge is -2.33. The Labute approximate surface area is 134 Å². The Morgan fingerprint density at radius 3 is 2.52 bits per heavy atom. The lowest BCUT2D eigenvalue weighted by Crippen LogP contribution is -2.42. The Hall–Kier alpha value is -1.51. The highest BCUT2D eigenvalue weighted by Gasteiger charge is 2.42. The van der Waals surface area contributed by atoms with Gasteiger partial charge in [-0.2, -0.15) is 0 Å². The van der Waals surface area contributed by atoms with Crippen LogP contribution in [0.4, 0.5) is 0 Å². The second kappa shape index (κ2) is 5.54. The molecule has 0 spiro atoms. The van der Waals surface area contributed by atoms with Crippen LogP contribution in [0.1, 0.15) is 31.9 Å². The first-order chi connectivity index (χ1) is 11.1. The topological polar surface area (TPSA) is 88.3 Å². The largest absolute Gasteiger partial charge is 0.371 e. The molecule has 2 aliphatic rings. The molecule has 1 unspecified atom stereocenters. The van der Waals surface area contributed by atoms with Gasteiger partial charge in [-0.25, -0.2) is 17.4 Å². The summed E-state index contributed by atoms with van der Waals surface area (Å²) in [6.45, 7) is 0.959. The standard InChI is InChI=1S/C15H20N4O3S/c20-15(19-14-4-2-1-3-13(14)16-17-19)11-7-9-18(10-8-11)23(21,22)12-5-6-12/h1-4,11-12,15,20H,5-10H2. The SMILES string of the molecule is O=S(=O)(C1CC1)N1CCC(C(O)n2nnc3ccccc32)CC1. The maximum atomic E-state index is 12.3. The number of aliphatic hydroxyl groups is 1. The van der Waals surface area contributed by atoms with E-state index in [0.29, 0.717) is 25.9 Å². The first-order valence-corrected chi connectivity index (χ1v) is 9.54. The summed E-state index contributed by atoms with van der Waals surface area (Å²) < 4.78 is 27.7. The minimum Gasteiger partial charge on any atom is -0.371 e. The Kier molecular flexibility index (Phi) is 3.62. The second-order valence-corrected chi connectivity index (χ2v) is 8.63. The van der Waals surface area contributed by atoms with Crippen LogP contribution in [0.5, 0.6) is 0 Å². The van der Waals surface area contributed by atoms with Crippen molar-refractivity contribution in [2.24, 2.45) is 5.92 Å². The summed E-state index contributed by atoms with van der Waals surface area (Å²) in [6, 6.07) is 7.51. The van der Waals surface area contributed by atoms with Crippen molar-refractivity contribution in [3.05, 3.63) is 24.3 Å². The molecule has 1 saturated heterocycles. The van der Waals surface area contributed by atoms with Gasteiger partial charge in [0.1, 0.15) is 5.52 Å². The van der Waals surface area contributed by atoms with Gasteiger partial charge in [0.05, 0.1) is 10.8 Å². The Bertz CT molecular complexity index is 807. The number of rotatable bonds is 4. The number of fused-ring (bicyclic) bond motifs is 1. The van der Waals surface area contributed by atoms with E-state index in [9.17, 15) is 13.5 Å². The summed E-state index contributed by atoms with van der Waals surface area (Å²) in [5.74, 6) is -0.00856. The third kappa shape index (κ3) is 2.64. The van der Waals surface area contributed by atoms with Crippen LogP contribution in [0.2, 0.25) is 0 Å². The molecule has 0 bridgehead atoms. The van der Waals surface area contributed by atoms with E-state index < -0.39 is 16.3 Å². The predicted molar refractivity (Wildman–Crippen MR) is 85.0 cm³/mol.